The predicted octanol–water partition coefficient (Wildman–Crippen LogP) is 2.97. The van der Waals surface area contributed by atoms with E-state index in [2.05, 4.69) is 9.97 Å². The third-order valence-electron chi connectivity index (χ3n) is 2.69. The zero-order valence-electron chi connectivity index (χ0n) is 9.80. The van der Waals surface area contributed by atoms with Gasteiger partial charge in [-0.1, -0.05) is 13.3 Å². The number of hydrogen-bond donors (Lipinski definition) is 1. The van der Waals surface area contributed by atoms with Crippen molar-refractivity contribution in [1.82, 2.24) is 9.97 Å². The van der Waals surface area contributed by atoms with Crippen LogP contribution in [0.4, 0.5) is 0 Å². The van der Waals surface area contributed by atoms with Crippen molar-refractivity contribution in [2.45, 2.75) is 32.6 Å². The summed E-state index contributed by atoms with van der Waals surface area (Å²) in [5, 5.41) is 10.2. The number of carboxylic acid groups (broad SMARTS) is 1. The predicted molar refractivity (Wildman–Crippen MR) is 67.4 cm³/mol. The first-order valence-electron chi connectivity index (χ1n) is 5.57. The standard InChI is InChI=1S/C12H14N2O2S/c1-3-4-8(12(15)16)10-9-5-7(2)17-11(9)14-6-13-10/h5-6,8H,3-4H2,1-2H3,(H,15,16). The largest absolute Gasteiger partial charge is 0.481 e. The Morgan fingerprint density at radius 2 is 2.29 bits per heavy atom. The Balaban J connectivity index is 2.55. The molecule has 90 valence electrons. The summed E-state index contributed by atoms with van der Waals surface area (Å²) in [4.78, 5) is 21.6. The summed E-state index contributed by atoms with van der Waals surface area (Å²) in [7, 11) is 0. The third kappa shape index (κ3) is 2.29. The molecule has 0 saturated heterocycles. The average molecular weight is 250 g/mol. The summed E-state index contributed by atoms with van der Waals surface area (Å²) in [6.07, 6.45) is 2.89. The highest BCUT2D eigenvalue weighted by atomic mass is 32.1. The van der Waals surface area contributed by atoms with Gasteiger partial charge in [-0.15, -0.1) is 11.3 Å². The molecule has 0 radical (unpaired) electrons. The summed E-state index contributed by atoms with van der Waals surface area (Å²) >= 11 is 1.57. The Kier molecular flexibility index (Phi) is 3.38. The Morgan fingerprint density at radius 1 is 1.53 bits per heavy atom. The van der Waals surface area contributed by atoms with Gasteiger partial charge in [0.2, 0.25) is 0 Å². The van der Waals surface area contributed by atoms with Gasteiger partial charge in [0.15, 0.2) is 0 Å². The zero-order valence-corrected chi connectivity index (χ0v) is 10.6. The summed E-state index contributed by atoms with van der Waals surface area (Å²) in [6.45, 7) is 3.97. The first-order chi connectivity index (χ1) is 8.13. The van der Waals surface area contributed by atoms with Crippen LogP contribution in [0.25, 0.3) is 10.2 Å². The lowest BCUT2D eigenvalue weighted by Gasteiger charge is -2.10. The molecule has 2 rings (SSSR count). The average Bonchev–Trinajstić information content (AvgIpc) is 2.65. The van der Waals surface area contributed by atoms with E-state index < -0.39 is 11.9 Å². The van der Waals surface area contributed by atoms with E-state index in [0.717, 1.165) is 21.5 Å². The van der Waals surface area contributed by atoms with Gasteiger partial charge in [-0.2, -0.15) is 0 Å². The molecule has 0 amide bonds. The highest BCUT2D eigenvalue weighted by molar-refractivity contribution is 7.18. The molecule has 2 heterocycles. The van der Waals surface area contributed by atoms with Crippen molar-refractivity contribution in [1.29, 1.82) is 0 Å². The van der Waals surface area contributed by atoms with Crippen molar-refractivity contribution in [3.63, 3.8) is 0 Å². The number of nitrogens with zero attached hydrogens (tertiary/aromatic N) is 2. The minimum absolute atomic E-state index is 0.528. The fourth-order valence-electron chi connectivity index (χ4n) is 1.94. The molecule has 0 spiro atoms. The van der Waals surface area contributed by atoms with Crippen LogP contribution in [0, 0.1) is 6.92 Å². The highest BCUT2D eigenvalue weighted by Gasteiger charge is 2.23. The van der Waals surface area contributed by atoms with Crippen LogP contribution in [0.2, 0.25) is 0 Å². The lowest BCUT2D eigenvalue weighted by molar-refractivity contribution is -0.139. The summed E-state index contributed by atoms with van der Waals surface area (Å²) in [5.41, 5.74) is 0.647. The maximum atomic E-state index is 11.3. The van der Waals surface area contributed by atoms with E-state index in [1.54, 1.807) is 11.3 Å². The lowest BCUT2D eigenvalue weighted by atomic mass is 9.98. The second-order valence-corrected chi connectivity index (χ2v) is 5.25. The number of carbonyl (C=O) groups is 1. The van der Waals surface area contributed by atoms with Gasteiger partial charge in [0.05, 0.1) is 11.6 Å². The molecule has 1 atom stereocenters. The van der Waals surface area contributed by atoms with Crippen LogP contribution in [0.15, 0.2) is 12.4 Å². The molecule has 0 aliphatic carbocycles. The highest BCUT2D eigenvalue weighted by Crippen LogP contribution is 2.30. The maximum Gasteiger partial charge on any atom is 0.312 e. The minimum Gasteiger partial charge on any atom is -0.481 e. The molecule has 2 aromatic rings. The van der Waals surface area contributed by atoms with Gasteiger partial charge < -0.3 is 5.11 Å². The minimum atomic E-state index is -0.810. The fraction of sp³-hybridized carbons (Fsp3) is 0.417. The number of rotatable bonds is 4. The number of carboxylic acids is 1. The summed E-state index contributed by atoms with van der Waals surface area (Å²) < 4.78 is 0. The van der Waals surface area contributed by atoms with Gasteiger partial charge in [-0.3, -0.25) is 4.79 Å². The molecular weight excluding hydrogens is 236 g/mol. The molecule has 0 bridgehead atoms. The fourth-order valence-corrected chi connectivity index (χ4v) is 2.79. The number of thiophene rings is 1. The van der Waals surface area contributed by atoms with E-state index in [1.165, 1.54) is 6.33 Å². The molecular formula is C12H14N2O2S. The molecule has 17 heavy (non-hydrogen) atoms. The number of aryl methyl sites for hydroxylation is 1. The molecule has 1 N–H and O–H groups in total. The van der Waals surface area contributed by atoms with Crippen molar-refractivity contribution in [3.05, 3.63) is 23.0 Å². The Hall–Kier alpha value is -1.49. The van der Waals surface area contributed by atoms with Crippen molar-refractivity contribution in [2.75, 3.05) is 0 Å². The topological polar surface area (TPSA) is 63.1 Å². The van der Waals surface area contributed by atoms with Gasteiger partial charge in [-0.25, -0.2) is 9.97 Å². The molecule has 0 aliphatic rings. The smallest absolute Gasteiger partial charge is 0.312 e. The Bertz CT molecular complexity index is 550. The van der Waals surface area contributed by atoms with Gasteiger partial charge in [0.25, 0.3) is 0 Å². The quantitative estimate of drug-likeness (QED) is 0.906. The second-order valence-electron chi connectivity index (χ2n) is 4.01. The van der Waals surface area contributed by atoms with Gasteiger partial charge in [0, 0.05) is 10.3 Å². The second kappa shape index (κ2) is 4.79. The molecule has 1 unspecified atom stereocenters. The van der Waals surface area contributed by atoms with E-state index in [0.29, 0.717) is 12.1 Å². The van der Waals surface area contributed by atoms with E-state index in [-0.39, 0.29) is 0 Å². The first-order valence-corrected chi connectivity index (χ1v) is 6.39. The summed E-state index contributed by atoms with van der Waals surface area (Å²) in [6, 6.07) is 1.97. The van der Waals surface area contributed by atoms with E-state index >= 15 is 0 Å². The van der Waals surface area contributed by atoms with E-state index in [1.807, 2.05) is 19.9 Å². The van der Waals surface area contributed by atoms with Crippen LogP contribution in [-0.2, 0) is 4.79 Å². The maximum absolute atomic E-state index is 11.3. The number of hydrogen-bond acceptors (Lipinski definition) is 4. The third-order valence-corrected chi connectivity index (χ3v) is 3.65. The lowest BCUT2D eigenvalue weighted by Crippen LogP contribution is -2.13. The molecule has 5 heteroatoms. The Morgan fingerprint density at radius 3 is 2.94 bits per heavy atom. The van der Waals surface area contributed by atoms with Gasteiger partial charge >= 0.3 is 5.97 Å². The van der Waals surface area contributed by atoms with Crippen LogP contribution in [0.1, 0.15) is 36.3 Å². The van der Waals surface area contributed by atoms with Crippen LogP contribution in [0.3, 0.4) is 0 Å². The molecule has 2 aromatic heterocycles. The molecule has 0 aliphatic heterocycles. The monoisotopic (exact) mass is 250 g/mol. The number of aliphatic carboxylic acids is 1. The number of aromatic nitrogens is 2. The van der Waals surface area contributed by atoms with E-state index in [4.69, 9.17) is 0 Å². The van der Waals surface area contributed by atoms with Crippen molar-refractivity contribution in [2.24, 2.45) is 0 Å². The summed E-state index contributed by atoms with van der Waals surface area (Å²) in [5.74, 6) is -1.34. The van der Waals surface area contributed by atoms with Crippen LogP contribution >= 0.6 is 11.3 Å². The molecule has 0 aromatic carbocycles. The Labute approximate surface area is 103 Å². The van der Waals surface area contributed by atoms with Gasteiger partial charge in [0.1, 0.15) is 11.2 Å². The van der Waals surface area contributed by atoms with Crippen molar-refractivity contribution in [3.8, 4) is 0 Å². The van der Waals surface area contributed by atoms with Crippen LogP contribution < -0.4 is 0 Å². The van der Waals surface area contributed by atoms with Crippen molar-refractivity contribution >= 4 is 27.5 Å². The van der Waals surface area contributed by atoms with Crippen LogP contribution in [-0.4, -0.2) is 21.0 Å². The molecule has 0 fully saturated rings. The van der Waals surface area contributed by atoms with E-state index in [9.17, 15) is 9.90 Å². The normalized spacial score (nSPS) is 12.8. The van der Waals surface area contributed by atoms with Gasteiger partial charge in [-0.05, 0) is 19.4 Å². The SMILES string of the molecule is CCCC(C(=O)O)c1ncnc2sc(C)cc12. The molecule has 4 nitrogen and oxygen atoms in total. The zero-order chi connectivity index (χ0) is 12.4. The van der Waals surface area contributed by atoms with Crippen LogP contribution in [0.5, 0.6) is 0 Å². The number of fused-ring (bicyclic) bond motifs is 1. The van der Waals surface area contributed by atoms with Crippen molar-refractivity contribution < 1.29 is 9.90 Å². The molecule has 0 saturated carbocycles. The first kappa shape index (κ1) is 12.0.